The van der Waals surface area contributed by atoms with Crippen molar-refractivity contribution >= 4 is 11.0 Å². The molecule has 0 amide bonds. The van der Waals surface area contributed by atoms with E-state index in [2.05, 4.69) is 15.1 Å². The van der Waals surface area contributed by atoms with Crippen LogP contribution in [0.3, 0.4) is 0 Å². The number of rotatable bonds is 5. The maximum absolute atomic E-state index is 5.98. The third-order valence-corrected chi connectivity index (χ3v) is 4.66. The average Bonchev–Trinajstić information content (AvgIpc) is 3.31. The molecule has 0 spiro atoms. The van der Waals surface area contributed by atoms with Gasteiger partial charge in [0.05, 0.1) is 25.8 Å². The summed E-state index contributed by atoms with van der Waals surface area (Å²) in [4.78, 5) is 2.26. The zero-order valence-corrected chi connectivity index (χ0v) is 14.6. The van der Waals surface area contributed by atoms with Crippen LogP contribution in [0.2, 0.25) is 0 Å². The number of ether oxygens (including phenoxy) is 2. The third-order valence-electron chi connectivity index (χ3n) is 4.66. The zero-order chi connectivity index (χ0) is 17.4. The molecule has 4 rings (SSSR count). The molecule has 7 heteroatoms. The number of methoxy groups -OCH3 is 2. The first-order valence-corrected chi connectivity index (χ1v) is 8.29. The van der Waals surface area contributed by atoms with E-state index in [1.165, 1.54) is 0 Å². The van der Waals surface area contributed by atoms with E-state index in [1.54, 1.807) is 21.1 Å². The first-order chi connectivity index (χ1) is 12.2. The quantitative estimate of drug-likeness (QED) is 0.705. The summed E-state index contributed by atoms with van der Waals surface area (Å²) in [6.07, 6.45) is 0.966. The lowest BCUT2D eigenvalue weighted by Crippen LogP contribution is -2.24. The number of hydrogen-bond donors (Lipinski definition) is 0. The largest absolute Gasteiger partial charge is 0.497 e. The molecule has 3 heterocycles. The summed E-state index contributed by atoms with van der Waals surface area (Å²) >= 11 is 0. The highest BCUT2D eigenvalue weighted by molar-refractivity contribution is 5.79. The molecule has 0 unspecified atom stereocenters. The smallest absolute Gasteiger partial charge is 0.233 e. The molecule has 0 bridgehead atoms. The van der Waals surface area contributed by atoms with Crippen LogP contribution in [0.25, 0.3) is 11.0 Å². The van der Waals surface area contributed by atoms with Crippen molar-refractivity contribution in [2.45, 2.75) is 32.0 Å². The summed E-state index contributed by atoms with van der Waals surface area (Å²) < 4.78 is 22.5. The van der Waals surface area contributed by atoms with Crippen molar-refractivity contribution in [2.24, 2.45) is 0 Å². The van der Waals surface area contributed by atoms with Crippen LogP contribution in [0.1, 0.15) is 30.0 Å². The number of hydrogen-bond acceptors (Lipinski definition) is 7. The summed E-state index contributed by atoms with van der Waals surface area (Å²) in [5, 5.41) is 9.18. The summed E-state index contributed by atoms with van der Waals surface area (Å²) in [6, 6.07) is 7.89. The lowest BCUT2D eigenvalue weighted by atomic mass is 10.2. The highest BCUT2D eigenvalue weighted by atomic mass is 16.5. The van der Waals surface area contributed by atoms with Gasteiger partial charge in [0.2, 0.25) is 11.8 Å². The first-order valence-electron chi connectivity index (χ1n) is 8.29. The van der Waals surface area contributed by atoms with Crippen molar-refractivity contribution in [1.29, 1.82) is 0 Å². The van der Waals surface area contributed by atoms with Gasteiger partial charge in [0.15, 0.2) is 0 Å². The Labute approximate surface area is 145 Å². The predicted molar refractivity (Wildman–Crippen MR) is 90.4 cm³/mol. The van der Waals surface area contributed by atoms with Crippen LogP contribution in [0.15, 0.2) is 33.1 Å². The van der Waals surface area contributed by atoms with E-state index in [9.17, 15) is 0 Å². The molecule has 3 aromatic rings. The molecule has 132 valence electrons. The van der Waals surface area contributed by atoms with Gasteiger partial charge in [0.1, 0.15) is 17.1 Å². The average molecular weight is 343 g/mol. The van der Waals surface area contributed by atoms with Crippen LogP contribution in [0, 0.1) is 6.92 Å². The van der Waals surface area contributed by atoms with Crippen LogP contribution in [0.5, 0.6) is 5.75 Å². The first kappa shape index (κ1) is 16.1. The molecule has 1 aliphatic heterocycles. The zero-order valence-electron chi connectivity index (χ0n) is 14.6. The Kier molecular flexibility index (Phi) is 4.19. The Bertz CT molecular complexity index is 872. The topological polar surface area (TPSA) is 73.8 Å². The molecule has 0 aliphatic carbocycles. The standard InChI is InChI=1S/C18H21N3O4/c1-11-19-20-18(24-11)16-8-14(23-3)9-21(16)10-15-7-12-6-13(22-2)4-5-17(12)25-15/h4-7,14,16H,8-10H2,1-3H3/t14-,16+/m0/s1. The van der Waals surface area contributed by atoms with Gasteiger partial charge in [-0.1, -0.05) is 0 Å². The van der Waals surface area contributed by atoms with E-state index >= 15 is 0 Å². The van der Waals surface area contributed by atoms with Gasteiger partial charge < -0.3 is 18.3 Å². The number of nitrogens with zero attached hydrogens (tertiary/aromatic N) is 3. The van der Waals surface area contributed by atoms with Gasteiger partial charge in [-0.25, -0.2) is 0 Å². The molecule has 0 N–H and O–H groups in total. The van der Waals surface area contributed by atoms with Gasteiger partial charge >= 0.3 is 0 Å². The molecule has 0 radical (unpaired) electrons. The number of aryl methyl sites for hydroxylation is 1. The summed E-state index contributed by atoms with van der Waals surface area (Å²) in [7, 11) is 3.39. The molecule has 1 aromatic carbocycles. The van der Waals surface area contributed by atoms with Crippen LogP contribution >= 0.6 is 0 Å². The fourth-order valence-electron chi connectivity index (χ4n) is 3.39. The highest BCUT2D eigenvalue weighted by Crippen LogP contribution is 2.35. The molecule has 1 fully saturated rings. The van der Waals surface area contributed by atoms with Crippen molar-refractivity contribution in [3.8, 4) is 5.75 Å². The number of furan rings is 1. The second-order valence-corrected chi connectivity index (χ2v) is 6.31. The van der Waals surface area contributed by atoms with Crippen LogP contribution in [-0.2, 0) is 11.3 Å². The number of benzene rings is 1. The van der Waals surface area contributed by atoms with E-state index in [1.807, 2.05) is 24.3 Å². The maximum atomic E-state index is 5.98. The van der Waals surface area contributed by atoms with Crippen LogP contribution in [-0.4, -0.2) is 42.0 Å². The van der Waals surface area contributed by atoms with Crippen molar-refractivity contribution in [3.05, 3.63) is 41.8 Å². The Morgan fingerprint density at radius 2 is 2.08 bits per heavy atom. The van der Waals surface area contributed by atoms with E-state index < -0.39 is 0 Å². The summed E-state index contributed by atoms with van der Waals surface area (Å²) in [5.74, 6) is 2.92. The summed E-state index contributed by atoms with van der Waals surface area (Å²) in [6.45, 7) is 3.25. The third kappa shape index (κ3) is 3.12. The molecule has 0 saturated carbocycles. The molecule has 2 aromatic heterocycles. The van der Waals surface area contributed by atoms with E-state index in [-0.39, 0.29) is 12.1 Å². The van der Waals surface area contributed by atoms with E-state index in [0.29, 0.717) is 18.3 Å². The number of fused-ring (bicyclic) bond motifs is 1. The van der Waals surface area contributed by atoms with E-state index in [4.69, 9.17) is 18.3 Å². The fourth-order valence-corrected chi connectivity index (χ4v) is 3.39. The molecular formula is C18H21N3O4. The van der Waals surface area contributed by atoms with Gasteiger partial charge in [-0.15, -0.1) is 10.2 Å². The van der Waals surface area contributed by atoms with Crippen molar-refractivity contribution in [2.75, 3.05) is 20.8 Å². The monoisotopic (exact) mass is 343 g/mol. The summed E-state index contributed by atoms with van der Waals surface area (Å²) in [5.41, 5.74) is 0.850. The Hall–Kier alpha value is -2.38. The Morgan fingerprint density at radius 3 is 2.80 bits per heavy atom. The molecule has 25 heavy (non-hydrogen) atoms. The Morgan fingerprint density at radius 1 is 1.20 bits per heavy atom. The van der Waals surface area contributed by atoms with Crippen LogP contribution in [0.4, 0.5) is 0 Å². The lowest BCUT2D eigenvalue weighted by molar-refractivity contribution is 0.106. The van der Waals surface area contributed by atoms with Crippen molar-refractivity contribution in [3.63, 3.8) is 0 Å². The molecule has 1 aliphatic rings. The highest BCUT2D eigenvalue weighted by Gasteiger charge is 2.37. The minimum atomic E-state index is 0.0360. The molecular weight excluding hydrogens is 322 g/mol. The van der Waals surface area contributed by atoms with Gasteiger partial charge in [0.25, 0.3) is 0 Å². The van der Waals surface area contributed by atoms with Gasteiger partial charge in [0, 0.05) is 26.0 Å². The Balaban J connectivity index is 1.59. The number of likely N-dealkylation sites (tertiary alicyclic amines) is 1. The second kappa shape index (κ2) is 6.50. The maximum Gasteiger partial charge on any atom is 0.233 e. The van der Waals surface area contributed by atoms with Gasteiger partial charge in [-0.3, -0.25) is 4.90 Å². The lowest BCUT2D eigenvalue weighted by Gasteiger charge is -2.19. The normalized spacial score (nSPS) is 21.2. The van der Waals surface area contributed by atoms with Crippen LogP contribution < -0.4 is 4.74 Å². The van der Waals surface area contributed by atoms with Gasteiger partial charge in [-0.05, 0) is 30.7 Å². The molecule has 7 nitrogen and oxygen atoms in total. The van der Waals surface area contributed by atoms with Crippen molar-refractivity contribution in [1.82, 2.24) is 15.1 Å². The minimum absolute atomic E-state index is 0.0360. The molecule has 2 atom stereocenters. The fraction of sp³-hybridized carbons (Fsp3) is 0.444. The second-order valence-electron chi connectivity index (χ2n) is 6.31. The molecule has 1 saturated heterocycles. The van der Waals surface area contributed by atoms with Gasteiger partial charge in [-0.2, -0.15) is 0 Å². The SMILES string of the molecule is COc1ccc2oc(CN3C[C@@H](OC)C[C@@H]3c3nnc(C)o3)cc2c1. The minimum Gasteiger partial charge on any atom is -0.497 e. The van der Waals surface area contributed by atoms with E-state index in [0.717, 1.165) is 35.4 Å². The predicted octanol–water partition coefficient (Wildman–Crippen LogP) is 3.09. The van der Waals surface area contributed by atoms with Crippen molar-refractivity contribution < 1.29 is 18.3 Å². The number of aromatic nitrogens is 2.